The van der Waals surface area contributed by atoms with Crippen molar-refractivity contribution in [3.8, 4) is 11.8 Å². The molecule has 0 unspecified atom stereocenters. The fraction of sp³-hybridized carbons (Fsp3) is 0.0769. The van der Waals surface area contributed by atoms with Crippen LogP contribution in [0.2, 0.25) is 0 Å². The van der Waals surface area contributed by atoms with Crippen LogP contribution in [-0.2, 0) is 0 Å². The molecule has 0 spiro atoms. The molecule has 0 fully saturated rings. The largest absolute Gasteiger partial charge is 0.424 e. The summed E-state index contributed by atoms with van der Waals surface area (Å²) >= 11 is 0. The number of hydrogen-bond donors (Lipinski definition) is 1. The number of rotatable bonds is 8. The van der Waals surface area contributed by atoms with Crippen molar-refractivity contribution in [3.63, 3.8) is 0 Å². The number of nitro benzene ring substituents is 1. The minimum Gasteiger partial charge on any atom is -0.424 e. The van der Waals surface area contributed by atoms with Gasteiger partial charge in [-0.3, -0.25) is 19.7 Å². The molecular formula is C26H21N5O5. The molecule has 180 valence electrons. The molecule has 0 bridgehead atoms. The van der Waals surface area contributed by atoms with Gasteiger partial charge in [0.2, 0.25) is 0 Å². The molecule has 0 atom stereocenters. The molecule has 1 heterocycles. The molecule has 36 heavy (non-hydrogen) atoms. The lowest BCUT2D eigenvalue weighted by Gasteiger charge is -2.14. The third kappa shape index (κ3) is 5.33. The first kappa shape index (κ1) is 24.0. The Morgan fingerprint density at radius 2 is 1.58 bits per heavy atom. The normalized spacial score (nSPS) is 10.4. The van der Waals surface area contributed by atoms with Crippen molar-refractivity contribution >= 4 is 28.8 Å². The van der Waals surface area contributed by atoms with E-state index in [0.29, 0.717) is 17.1 Å². The second kappa shape index (κ2) is 10.4. The molecule has 0 radical (unpaired) electrons. The Hall–Kier alpha value is -5.12. The number of ketones is 1. The van der Waals surface area contributed by atoms with Crippen LogP contribution in [0.5, 0.6) is 11.8 Å². The summed E-state index contributed by atoms with van der Waals surface area (Å²) in [6.45, 7) is 0. The number of nitro groups is 1. The SMILES string of the molecule is CN(C)c1ccc(C(=O)c2ccccc2C(=O)Nc2ccc(Oc3ncccn3)cc2)cc1[N+](=O)[O-]. The zero-order valence-electron chi connectivity index (χ0n) is 19.4. The molecule has 0 aliphatic heterocycles. The van der Waals surface area contributed by atoms with Crippen molar-refractivity contribution in [3.05, 3.63) is 112 Å². The summed E-state index contributed by atoms with van der Waals surface area (Å²) in [7, 11) is 3.36. The van der Waals surface area contributed by atoms with Crippen LogP contribution in [0.4, 0.5) is 17.1 Å². The van der Waals surface area contributed by atoms with Crippen molar-refractivity contribution in [1.82, 2.24) is 9.97 Å². The third-order valence-electron chi connectivity index (χ3n) is 5.20. The molecule has 0 aliphatic rings. The highest BCUT2D eigenvalue weighted by atomic mass is 16.6. The van der Waals surface area contributed by atoms with Gasteiger partial charge in [-0.1, -0.05) is 18.2 Å². The molecule has 0 saturated carbocycles. The van der Waals surface area contributed by atoms with E-state index in [0.717, 1.165) is 0 Å². The molecule has 10 nitrogen and oxygen atoms in total. The number of anilines is 2. The highest BCUT2D eigenvalue weighted by Gasteiger charge is 2.22. The van der Waals surface area contributed by atoms with Crippen LogP contribution < -0.4 is 15.0 Å². The van der Waals surface area contributed by atoms with Gasteiger partial charge in [0.15, 0.2) is 5.78 Å². The summed E-state index contributed by atoms with van der Waals surface area (Å²) in [6.07, 6.45) is 3.12. The van der Waals surface area contributed by atoms with Gasteiger partial charge in [-0.25, -0.2) is 9.97 Å². The smallest absolute Gasteiger partial charge is 0.321 e. The third-order valence-corrected chi connectivity index (χ3v) is 5.20. The molecule has 1 aromatic heterocycles. The van der Waals surface area contributed by atoms with E-state index in [9.17, 15) is 19.7 Å². The molecule has 0 saturated heterocycles. The highest BCUT2D eigenvalue weighted by Crippen LogP contribution is 2.29. The lowest BCUT2D eigenvalue weighted by molar-refractivity contribution is -0.384. The zero-order chi connectivity index (χ0) is 25.7. The van der Waals surface area contributed by atoms with Crippen LogP contribution in [0, 0.1) is 10.1 Å². The lowest BCUT2D eigenvalue weighted by Crippen LogP contribution is -2.17. The Morgan fingerprint density at radius 3 is 2.22 bits per heavy atom. The van der Waals surface area contributed by atoms with Crippen LogP contribution in [-0.4, -0.2) is 40.7 Å². The Kier molecular flexibility index (Phi) is 6.96. The van der Waals surface area contributed by atoms with Crippen LogP contribution in [0.15, 0.2) is 85.2 Å². The number of amides is 1. The summed E-state index contributed by atoms with van der Waals surface area (Å²) in [5, 5.41) is 14.3. The molecule has 4 aromatic rings. The average molecular weight is 483 g/mol. The fourth-order valence-corrected chi connectivity index (χ4v) is 3.47. The molecule has 1 amide bonds. The Bertz CT molecular complexity index is 1420. The van der Waals surface area contributed by atoms with Crippen molar-refractivity contribution in [2.75, 3.05) is 24.3 Å². The standard InChI is InChI=1S/C26H21N5O5/c1-30(2)22-13-8-17(16-23(22)31(34)35)24(32)20-6-3-4-7-21(20)25(33)29-18-9-11-19(12-10-18)36-26-27-14-5-15-28-26/h3-16H,1-2H3,(H,29,33). The first-order valence-electron chi connectivity index (χ1n) is 10.8. The summed E-state index contributed by atoms with van der Waals surface area (Å²) in [5.41, 5.74) is 1.03. The summed E-state index contributed by atoms with van der Waals surface area (Å²) < 4.78 is 5.54. The first-order valence-corrected chi connectivity index (χ1v) is 10.8. The Morgan fingerprint density at radius 1 is 0.917 bits per heavy atom. The van der Waals surface area contributed by atoms with Gasteiger partial charge >= 0.3 is 6.01 Å². The van der Waals surface area contributed by atoms with Crippen LogP contribution in [0.25, 0.3) is 0 Å². The summed E-state index contributed by atoms with van der Waals surface area (Å²) in [5.74, 6) is -0.517. The zero-order valence-corrected chi connectivity index (χ0v) is 19.4. The second-order valence-electron chi connectivity index (χ2n) is 7.84. The van der Waals surface area contributed by atoms with Crippen LogP contribution >= 0.6 is 0 Å². The maximum absolute atomic E-state index is 13.3. The number of nitrogens with one attached hydrogen (secondary N) is 1. The molecule has 4 rings (SSSR count). The fourth-order valence-electron chi connectivity index (χ4n) is 3.47. The number of hydrogen-bond acceptors (Lipinski definition) is 8. The molecule has 0 aliphatic carbocycles. The topological polar surface area (TPSA) is 128 Å². The predicted molar refractivity (Wildman–Crippen MR) is 134 cm³/mol. The Labute approximate surface area is 206 Å². The van der Waals surface area contributed by atoms with Gasteiger partial charge in [0.05, 0.1) is 10.5 Å². The Balaban J connectivity index is 1.55. The lowest BCUT2D eigenvalue weighted by atomic mass is 9.97. The first-order chi connectivity index (χ1) is 17.3. The average Bonchev–Trinajstić information content (AvgIpc) is 2.89. The van der Waals surface area contributed by atoms with Gasteiger partial charge in [-0.05, 0) is 48.5 Å². The number of benzene rings is 3. The number of ether oxygens (including phenoxy) is 1. The second-order valence-corrected chi connectivity index (χ2v) is 7.84. The van der Waals surface area contributed by atoms with Gasteiger partial charge in [0.1, 0.15) is 11.4 Å². The predicted octanol–water partition coefficient (Wildman–Crippen LogP) is 4.73. The van der Waals surface area contributed by atoms with Gasteiger partial charge in [-0.2, -0.15) is 0 Å². The highest BCUT2D eigenvalue weighted by molar-refractivity contribution is 6.18. The van der Waals surface area contributed by atoms with E-state index in [-0.39, 0.29) is 28.4 Å². The van der Waals surface area contributed by atoms with E-state index in [1.165, 1.54) is 30.3 Å². The van der Waals surface area contributed by atoms with Gasteiger partial charge in [-0.15, -0.1) is 0 Å². The maximum Gasteiger partial charge on any atom is 0.321 e. The van der Waals surface area contributed by atoms with Crippen molar-refractivity contribution < 1.29 is 19.2 Å². The molecule has 10 heteroatoms. The molecule has 3 aromatic carbocycles. The van der Waals surface area contributed by atoms with E-state index in [1.54, 1.807) is 73.9 Å². The maximum atomic E-state index is 13.3. The monoisotopic (exact) mass is 483 g/mol. The summed E-state index contributed by atoms with van der Waals surface area (Å²) in [6, 6.07) is 19.0. The van der Waals surface area contributed by atoms with Gasteiger partial charge in [0, 0.05) is 49.4 Å². The van der Waals surface area contributed by atoms with Crippen molar-refractivity contribution in [1.29, 1.82) is 0 Å². The van der Waals surface area contributed by atoms with Crippen LogP contribution in [0.1, 0.15) is 26.3 Å². The van der Waals surface area contributed by atoms with E-state index in [4.69, 9.17) is 4.74 Å². The molecule has 1 N–H and O–H groups in total. The quantitative estimate of drug-likeness (QED) is 0.216. The van der Waals surface area contributed by atoms with Gasteiger partial charge < -0.3 is 15.0 Å². The summed E-state index contributed by atoms with van der Waals surface area (Å²) in [4.78, 5) is 46.9. The minimum atomic E-state index is -0.540. The van der Waals surface area contributed by atoms with Crippen LogP contribution in [0.3, 0.4) is 0 Å². The van der Waals surface area contributed by atoms with E-state index in [2.05, 4.69) is 15.3 Å². The van der Waals surface area contributed by atoms with E-state index >= 15 is 0 Å². The van der Waals surface area contributed by atoms with E-state index < -0.39 is 16.6 Å². The number of nitrogens with zero attached hydrogens (tertiary/aromatic N) is 4. The van der Waals surface area contributed by atoms with Crippen molar-refractivity contribution in [2.24, 2.45) is 0 Å². The number of carbonyl (C=O) groups excluding carboxylic acids is 2. The van der Waals surface area contributed by atoms with Gasteiger partial charge in [0.25, 0.3) is 11.6 Å². The molecular weight excluding hydrogens is 462 g/mol. The number of aromatic nitrogens is 2. The number of carbonyl (C=O) groups is 2. The minimum absolute atomic E-state index is 0.109. The van der Waals surface area contributed by atoms with Crippen molar-refractivity contribution in [2.45, 2.75) is 0 Å². The van der Waals surface area contributed by atoms with E-state index in [1.807, 2.05) is 0 Å².